The molecule has 11 heteroatoms. The Morgan fingerprint density at radius 3 is 2.88 bits per heavy atom. The van der Waals surface area contributed by atoms with Crippen molar-refractivity contribution in [1.29, 1.82) is 0 Å². The molecule has 0 aliphatic carbocycles. The maximum absolute atomic E-state index is 12.0. The van der Waals surface area contributed by atoms with E-state index >= 15 is 0 Å². The number of nitrogens with one attached hydrogen (secondary N) is 2. The van der Waals surface area contributed by atoms with E-state index in [9.17, 15) is 20.1 Å². The number of rotatable bonds is 5. The summed E-state index contributed by atoms with van der Waals surface area (Å²) in [6.07, 6.45) is -1.94. The number of aromatic amines is 1. The average Bonchev–Trinajstić information content (AvgIpc) is 3.34. The van der Waals surface area contributed by atoms with Gasteiger partial charge < -0.3 is 34.8 Å². The van der Waals surface area contributed by atoms with E-state index in [0.29, 0.717) is 5.76 Å². The van der Waals surface area contributed by atoms with Crippen LogP contribution in [0, 0.1) is 0 Å². The first kappa shape index (κ1) is 16.7. The molecule has 26 heavy (non-hydrogen) atoms. The Morgan fingerprint density at radius 1 is 1.35 bits per heavy atom. The summed E-state index contributed by atoms with van der Waals surface area (Å²) < 4.78 is 12.2. The van der Waals surface area contributed by atoms with Crippen LogP contribution in [0.5, 0.6) is 0 Å². The topological polar surface area (TPSA) is 159 Å². The molecule has 0 aromatic carbocycles. The SMILES string of the molecule is O=c1[nH]cnc2c1nc(NCc1ccco1)n2C1OC(CO)C(O)C1O. The molecule has 1 aliphatic heterocycles. The molecule has 11 nitrogen and oxygen atoms in total. The Morgan fingerprint density at radius 2 is 2.19 bits per heavy atom. The zero-order chi connectivity index (χ0) is 18.3. The van der Waals surface area contributed by atoms with Crippen LogP contribution in [0.3, 0.4) is 0 Å². The van der Waals surface area contributed by atoms with E-state index in [0.717, 1.165) is 0 Å². The number of aliphatic hydroxyl groups is 3. The quantitative estimate of drug-likeness (QED) is 0.381. The fourth-order valence-electron chi connectivity index (χ4n) is 2.96. The third-order valence-electron chi connectivity index (χ3n) is 4.26. The Hall–Kier alpha value is -2.73. The summed E-state index contributed by atoms with van der Waals surface area (Å²) in [7, 11) is 0. The van der Waals surface area contributed by atoms with Crippen molar-refractivity contribution in [3.05, 3.63) is 40.8 Å². The van der Waals surface area contributed by atoms with Crippen molar-refractivity contribution in [3.8, 4) is 0 Å². The second kappa shape index (κ2) is 6.53. The molecule has 3 aromatic rings. The summed E-state index contributed by atoms with van der Waals surface area (Å²) in [4.78, 5) is 22.8. The highest BCUT2D eigenvalue weighted by atomic mass is 16.6. The first-order chi connectivity index (χ1) is 12.6. The molecule has 0 amide bonds. The van der Waals surface area contributed by atoms with Crippen molar-refractivity contribution < 1.29 is 24.5 Å². The van der Waals surface area contributed by atoms with Gasteiger partial charge in [-0.3, -0.25) is 9.36 Å². The molecule has 3 aromatic heterocycles. The van der Waals surface area contributed by atoms with Crippen LogP contribution in [0.4, 0.5) is 5.95 Å². The summed E-state index contributed by atoms with van der Waals surface area (Å²) in [6, 6.07) is 3.50. The smallest absolute Gasteiger partial charge is 0.278 e. The highest BCUT2D eigenvalue weighted by Gasteiger charge is 2.45. The van der Waals surface area contributed by atoms with Crippen LogP contribution in [0.15, 0.2) is 33.9 Å². The second-order valence-electron chi connectivity index (χ2n) is 5.87. The van der Waals surface area contributed by atoms with Gasteiger partial charge in [0.2, 0.25) is 5.95 Å². The Bertz CT molecular complexity index is 951. The molecule has 138 valence electrons. The van der Waals surface area contributed by atoms with E-state index in [1.165, 1.54) is 17.2 Å². The van der Waals surface area contributed by atoms with Crippen LogP contribution in [-0.4, -0.2) is 59.8 Å². The van der Waals surface area contributed by atoms with Crippen molar-refractivity contribution in [2.45, 2.75) is 31.1 Å². The first-order valence-electron chi connectivity index (χ1n) is 7.94. The van der Waals surface area contributed by atoms with Gasteiger partial charge in [0.25, 0.3) is 5.56 Å². The lowest BCUT2D eigenvalue weighted by Crippen LogP contribution is -2.33. The molecule has 1 aliphatic rings. The van der Waals surface area contributed by atoms with E-state index in [2.05, 4.69) is 20.3 Å². The molecular formula is C15H17N5O6. The Labute approximate surface area is 145 Å². The normalized spacial score (nSPS) is 25.8. The van der Waals surface area contributed by atoms with Gasteiger partial charge in [-0.1, -0.05) is 0 Å². The van der Waals surface area contributed by atoms with Crippen LogP contribution < -0.4 is 10.9 Å². The lowest BCUT2D eigenvalue weighted by atomic mass is 10.1. The number of aliphatic hydroxyl groups excluding tert-OH is 3. The summed E-state index contributed by atoms with van der Waals surface area (Å²) in [5.41, 5.74) is -0.237. The number of fused-ring (bicyclic) bond motifs is 1. The van der Waals surface area contributed by atoms with Gasteiger partial charge in [-0.2, -0.15) is 0 Å². The molecule has 0 radical (unpaired) electrons. The van der Waals surface area contributed by atoms with Crippen molar-refractivity contribution in [1.82, 2.24) is 19.5 Å². The minimum Gasteiger partial charge on any atom is -0.467 e. The Kier molecular flexibility index (Phi) is 4.20. The third kappa shape index (κ3) is 2.66. The van der Waals surface area contributed by atoms with E-state index in [4.69, 9.17) is 9.15 Å². The molecule has 4 rings (SSSR count). The molecule has 0 saturated carbocycles. The number of nitrogens with zero attached hydrogens (tertiary/aromatic N) is 3. The largest absolute Gasteiger partial charge is 0.467 e. The van der Waals surface area contributed by atoms with Crippen LogP contribution in [0.2, 0.25) is 0 Å². The maximum atomic E-state index is 12.0. The molecule has 1 saturated heterocycles. The van der Waals surface area contributed by atoms with Crippen LogP contribution in [0.25, 0.3) is 11.2 Å². The predicted octanol–water partition coefficient (Wildman–Crippen LogP) is -1.06. The summed E-state index contributed by atoms with van der Waals surface area (Å²) in [6.45, 7) is -0.201. The van der Waals surface area contributed by atoms with Gasteiger partial charge >= 0.3 is 0 Å². The van der Waals surface area contributed by atoms with E-state index in [-0.39, 0.29) is 23.7 Å². The van der Waals surface area contributed by atoms with Gasteiger partial charge in [0.05, 0.1) is 25.7 Å². The lowest BCUT2D eigenvalue weighted by Gasteiger charge is -2.19. The molecule has 4 atom stereocenters. The molecular weight excluding hydrogens is 346 g/mol. The van der Waals surface area contributed by atoms with Crippen molar-refractivity contribution in [2.24, 2.45) is 0 Å². The molecule has 0 spiro atoms. The van der Waals surface area contributed by atoms with Crippen LogP contribution in [0.1, 0.15) is 12.0 Å². The predicted molar refractivity (Wildman–Crippen MR) is 87.2 cm³/mol. The van der Waals surface area contributed by atoms with Gasteiger partial charge in [-0.15, -0.1) is 0 Å². The highest BCUT2D eigenvalue weighted by Crippen LogP contribution is 2.33. The lowest BCUT2D eigenvalue weighted by molar-refractivity contribution is -0.0501. The minimum absolute atomic E-state index is 0.0483. The van der Waals surface area contributed by atoms with E-state index < -0.39 is 36.7 Å². The van der Waals surface area contributed by atoms with E-state index in [1.54, 1.807) is 12.1 Å². The molecule has 4 heterocycles. The van der Waals surface area contributed by atoms with Gasteiger partial charge in [0, 0.05) is 0 Å². The average molecular weight is 363 g/mol. The fourth-order valence-corrected chi connectivity index (χ4v) is 2.96. The monoisotopic (exact) mass is 363 g/mol. The number of furan rings is 1. The second-order valence-corrected chi connectivity index (χ2v) is 5.87. The summed E-state index contributed by atoms with van der Waals surface area (Å²) in [5.74, 6) is 0.835. The van der Waals surface area contributed by atoms with Crippen LogP contribution >= 0.6 is 0 Å². The van der Waals surface area contributed by atoms with Crippen molar-refractivity contribution in [2.75, 3.05) is 11.9 Å². The minimum atomic E-state index is -1.34. The fraction of sp³-hybridized carbons (Fsp3) is 0.400. The van der Waals surface area contributed by atoms with Gasteiger partial charge in [0.15, 0.2) is 17.4 Å². The van der Waals surface area contributed by atoms with Crippen LogP contribution in [-0.2, 0) is 11.3 Å². The van der Waals surface area contributed by atoms with Gasteiger partial charge in [0.1, 0.15) is 24.1 Å². The number of H-pyrrole nitrogens is 1. The third-order valence-corrected chi connectivity index (χ3v) is 4.26. The number of ether oxygens (including phenoxy) is 1. The zero-order valence-electron chi connectivity index (χ0n) is 13.4. The first-order valence-corrected chi connectivity index (χ1v) is 7.94. The molecule has 0 bridgehead atoms. The zero-order valence-corrected chi connectivity index (χ0v) is 13.4. The van der Waals surface area contributed by atoms with E-state index in [1.807, 2.05) is 0 Å². The number of imidazole rings is 1. The number of aromatic nitrogens is 4. The number of hydrogen-bond donors (Lipinski definition) is 5. The summed E-state index contributed by atoms with van der Waals surface area (Å²) >= 11 is 0. The van der Waals surface area contributed by atoms with Gasteiger partial charge in [-0.05, 0) is 12.1 Å². The number of hydrogen-bond acceptors (Lipinski definition) is 9. The highest BCUT2D eigenvalue weighted by molar-refractivity contribution is 5.73. The Balaban J connectivity index is 1.77. The summed E-state index contributed by atoms with van der Waals surface area (Å²) in [5, 5.41) is 32.7. The standard InChI is InChI=1S/C15H17N5O6/c21-5-8-10(22)11(23)14(26-8)20-12-9(13(24)18-6-17-12)19-15(20)16-4-7-2-1-3-25-7/h1-3,6,8,10-11,14,21-23H,4-5H2,(H,16,19)(H,17,18,24). The molecule has 5 N–H and O–H groups in total. The molecule has 1 fully saturated rings. The maximum Gasteiger partial charge on any atom is 0.278 e. The van der Waals surface area contributed by atoms with Crippen molar-refractivity contribution in [3.63, 3.8) is 0 Å². The number of anilines is 1. The van der Waals surface area contributed by atoms with Gasteiger partial charge in [-0.25, -0.2) is 9.97 Å². The molecule has 4 unspecified atom stereocenters. The van der Waals surface area contributed by atoms with Crippen molar-refractivity contribution >= 4 is 17.1 Å².